The van der Waals surface area contributed by atoms with E-state index in [9.17, 15) is 9.59 Å². The van der Waals surface area contributed by atoms with Crippen LogP contribution in [0, 0.1) is 5.92 Å². The van der Waals surface area contributed by atoms with Crippen molar-refractivity contribution in [3.63, 3.8) is 0 Å². The molecule has 208 valence electrons. The number of hydrogen-bond acceptors (Lipinski definition) is 5. The van der Waals surface area contributed by atoms with Gasteiger partial charge in [0.05, 0.1) is 5.92 Å². The molecule has 3 N–H and O–H groups in total. The van der Waals surface area contributed by atoms with E-state index in [0.717, 1.165) is 47.9 Å². The Morgan fingerprint density at radius 2 is 1.90 bits per heavy atom. The molecule has 2 fully saturated rings. The quantitative estimate of drug-likeness (QED) is 0.311. The molecule has 0 radical (unpaired) electrons. The highest BCUT2D eigenvalue weighted by Crippen LogP contribution is 2.39. The largest absolute Gasteiger partial charge is 0.309 e. The fourth-order valence-corrected chi connectivity index (χ4v) is 4.68. The maximum Gasteiger partial charge on any atom is 0.249 e. The zero-order valence-corrected chi connectivity index (χ0v) is 24.4. The van der Waals surface area contributed by atoms with Crippen LogP contribution < -0.4 is 10.6 Å². The molecule has 1 aliphatic heterocycles. The van der Waals surface area contributed by atoms with E-state index in [1.165, 1.54) is 19.3 Å². The minimum Gasteiger partial charge on any atom is -0.309 e. The number of carbonyl (C=O) groups excluding carboxylic acids is 2. The third-order valence-corrected chi connectivity index (χ3v) is 7.13. The molecule has 39 heavy (non-hydrogen) atoms. The van der Waals surface area contributed by atoms with Crippen LogP contribution in [0.4, 0.5) is 11.6 Å². The molecule has 2 amide bonds. The molecule has 0 unspecified atom stereocenters. The SMILES string of the molecule is C[C@H]1CCN(C/C=C/C(=O)Nc2ccc(-c3cccc([C@H](C)C(=O)Nc4cc(C5CC5)[nH]n4)c3)cn2)C1.S.S. The van der Waals surface area contributed by atoms with Gasteiger partial charge in [-0.3, -0.25) is 19.6 Å². The van der Waals surface area contributed by atoms with Crippen LogP contribution in [-0.4, -0.2) is 51.5 Å². The summed E-state index contributed by atoms with van der Waals surface area (Å²) in [5, 5.41) is 13.0. The molecular weight excluding hydrogens is 528 g/mol. The Morgan fingerprint density at radius 3 is 2.59 bits per heavy atom. The number of aromatic nitrogens is 3. The Bertz CT molecular complexity index is 1290. The molecule has 1 saturated heterocycles. The van der Waals surface area contributed by atoms with E-state index in [0.29, 0.717) is 17.6 Å². The number of benzene rings is 1. The van der Waals surface area contributed by atoms with E-state index in [1.807, 2.05) is 49.4 Å². The summed E-state index contributed by atoms with van der Waals surface area (Å²) in [5.41, 5.74) is 3.86. The Balaban J connectivity index is 0.00000210. The number of nitrogens with zero attached hydrogens (tertiary/aromatic N) is 3. The Kier molecular flexibility index (Phi) is 10.8. The third kappa shape index (κ3) is 8.20. The lowest BCUT2D eigenvalue weighted by molar-refractivity contribution is -0.117. The van der Waals surface area contributed by atoms with Crippen molar-refractivity contribution in [1.29, 1.82) is 0 Å². The smallest absolute Gasteiger partial charge is 0.249 e. The van der Waals surface area contributed by atoms with E-state index in [1.54, 1.807) is 18.3 Å². The van der Waals surface area contributed by atoms with Crippen molar-refractivity contribution in [2.45, 2.75) is 44.9 Å². The van der Waals surface area contributed by atoms with Gasteiger partial charge in [-0.15, -0.1) is 0 Å². The molecule has 10 heteroatoms. The molecule has 1 saturated carbocycles. The van der Waals surface area contributed by atoms with Gasteiger partial charge < -0.3 is 10.6 Å². The normalized spacial score (nSPS) is 17.7. The number of amides is 2. The molecule has 2 aromatic heterocycles. The van der Waals surface area contributed by atoms with E-state index in [4.69, 9.17) is 0 Å². The van der Waals surface area contributed by atoms with Gasteiger partial charge in [0.1, 0.15) is 5.82 Å². The summed E-state index contributed by atoms with van der Waals surface area (Å²) < 4.78 is 0. The number of likely N-dealkylation sites (tertiary alicyclic amines) is 1. The molecule has 8 nitrogen and oxygen atoms in total. The van der Waals surface area contributed by atoms with E-state index in [-0.39, 0.29) is 44.7 Å². The van der Waals surface area contributed by atoms with Crippen molar-refractivity contribution in [3.8, 4) is 11.1 Å². The minimum absolute atomic E-state index is 0. The molecular formula is C29H38N6O2S2. The van der Waals surface area contributed by atoms with Crippen LogP contribution >= 0.6 is 27.0 Å². The lowest BCUT2D eigenvalue weighted by Gasteiger charge is -2.13. The second-order valence-electron chi connectivity index (χ2n) is 10.3. The number of aromatic amines is 1. The topological polar surface area (TPSA) is 103 Å². The van der Waals surface area contributed by atoms with E-state index >= 15 is 0 Å². The van der Waals surface area contributed by atoms with Gasteiger partial charge >= 0.3 is 0 Å². The van der Waals surface area contributed by atoms with Crippen molar-refractivity contribution in [1.82, 2.24) is 20.1 Å². The number of nitrogens with one attached hydrogen (secondary N) is 3. The highest BCUT2D eigenvalue weighted by atomic mass is 32.1. The van der Waals surface area contributed by atoms with Crippen LogP contribution in [0.3, 0.4) is 0 Å². The highest BCUT2D eigenvalue weighted by Gasteiger charge is 2.26. The Hall–Kier alpha value is -3.08. The number of hydrogen-bond donors (Lipinski definition) is 3. The van der Waals surface area contributed by atoms with Gasteiger partial charge in [-0.1, -0.05) is 37.3 Å². The summed E-state index contributed by atoms with van der Waals surface area (Å²) in [6, 6.07) is 13.5. The van der Waals surface area contributed by atoms with Crippen molar-refractivity contribution in [3.05, 3.63) is 72.1 Å². The molecule has 3 aromatic rings. The van der Waals surface area contributed by atoms with Gasteiger partial charge in [0.2, 0.25) is 11.8 Å². The molecule has 2 aliphatic rings. The first-order valence-electron chi connectivity index (χ1n) is 13.1. The van der Waals surface area contributed by atoms with Crippen molar-refractivity contribution in [2.75, 3.05) is 30.3 Å². The summed E-state index contributed by atoms with van der Waals surface area (Å²) >= 11 is 0. The molecule has 0 spiro atoms. The number of H-pyrrole nitrogens is 1. The summed E-state index contributed by atoms with van der Waals surface area (Å²) in [7, 11) is 0. The summed E-state index contributed by atoms with van der Waals surface area (Å²) in [4.78, 5) is 31.9. The van der Waals surface area contributed by atoms with Crippen molar-refractivity contribution in [2.24, 2.45) is 5.92 Å². The number of carbonyl (C=O) groups is 2. The fourth-order valence-electron chi connectivity index (χ4n) is 4.68. The first-order chi connectivity index (χ1) is 17.9. The van der Waals surface area contributed by atoms with Crippen LogP contribution in [-0.2, 0) is 9.59 Å². The molecule has 3 heterocycles. The zero-order chi connectivity index (χ0) is 25.8. The summed E-state index contributed by atoms with van der Waals surface area (Å²) in [6.45, 7) is 7.11. The molecule has 2 atom stereocenters. The first kappa shape index (κ1) is 30.5. The minimum atomic E-state index is -0.344. The zero-order valence-electron chi connectivity index (χ0n) is 22.4. The van der Waals surface area contributed by atoms with Crippen molar-refractivity contribution < 1.29 is 9.59 Å². The predicted octanol–water partition coefficient (Wildman–Crippen LogP) is 5.15. The third-order valence-electron chi connectivity index (χ3n) is 7.13. The summed E-state index contributed by atoms with van der Waals surface area (Å²) in [5.74, 6) is 1.72. The molecule has 1 aliphatic carbocycles. The van der Waals surface area contributed by atoms with Gasteiger partial charge in [0.15, 0.2) is 5.82 Å². The van der Waals surface area contributed by atoms with Gasteiger partial charge in [-0.05, 0) is 61.9 Å². The van der Waals surface area contributed by atoms with Crippen LogP contribution in [0.5, 0.6) is 0 Å². The van der Waals surface area contributed by atoms with Gasteiger partial charge in [-0.2, -0.15) is 32.1 Å². The monoisotopic (exact) mass is 566 g/mol. The van der Waals surface area contributed by atoms with Crippen molar-refractivity contribution >= 4 is 50.4 Å². The lowest BCUT2D eigenvalue weighted by atomic mass is 9.96. The van der Waals surface area contributed by atoms with Crippen LogP contribution in [0.25, 0.3) is 11.1 Å². The highest BCUT2D eigenvalue weighted by molar-refractivity contribution is 7.59. The maximum absolute atomic E-state index is 12.8. The summed E-state index contributed by atoms with van der Waals surface area (Å²) in [6.07, 6.45) is 8.79. The number of rotatable bonds is 9. The number of pyridine rings is 1. The van der Waals surface area contributed by atoms with Gasteiger partial charge in [-0.25, -0.2) is 4.98 Å². The fraction of sp³-hybridized carbons (Fsp3) is 0.379. The second kappa shape index (κ2) is 13.8. The maximum atomic E-state index is 12.8. The molecule has 0 bridgehead atoms. The molecule has 5 rings (SSSR count). The average Bonchev–Trinajstić information content (AvgIpc) is 3.51. The van der Waals surface area contributed by atoms with E-state index in [2.05, 4.69) is 37.6 Å². The average molecular weight is 567 g/mol. The Morgan fingerprint density at radius 1 is 1.08 bits per heavy atom. The first-order valence-corrected chi connectivity index (χ1v) is 13.1. The van der Waals surface area contributed by atoms with Gasteiger partial charge in [0.25, 0.3) is 0 Å². The second-order valence-corrected chi connectivity index (χ2v) is 10.3. The standard InChI is InChI=1S/C29H34N6O2.2H2S/c1-19-12-14-35(18-19)13-4-7-28(36)31-26-11-10-24(17-30-26)23-6-3-5-22(15-23)20(2)29(37)32-27-16-25(33-34-27)21-8-9-21;;/h3-7,10-11,15-17,19-21H,8-9,12-14,18H2,1-2H3,(H,30,31,36)(H2,32,33,34,37);2*1H2/b7-4+;;/t19-,20-;;/m0../s1. The van der Waals surface area contributed by atoms with Crippen LogP contribution in [0.1, 0.15) is 56.2 Å². The van der Waals surface area contributed by atoms with Gasteiger partial charge in [0, 0.05) is 48.6 Å². The Labute approximate surface area is 244 Å². The molecule has 1 aromatic carbocycles. The van der Waals surface area contributed by atoms with Crippen LogP contribution in [0.2, 0.25) is 0 Å². The lowest BCUT2D eigenvalue weighted by Crippen LogP contribution is -2.20. The van der Waals surface area contributed by atoms with E-state index < -0.39 is 0 Å². The van der Waals surface area contributed by atoms with Crippen LogP contribution in [0.15, 0.2) is 60.8 Å². The predicted molar refractivity (Wildman–Crippen MR) is 166 cm³/mol. The number of anilines is 2.